The predicted octanol–water partition coefficient (Wildman–Crippen LogP) is 4.32. The summed E-state index contributed by atoms with van der Waals surface area (Å²) in [4.78, 5) is 21.8. The van der Waals surface area contributed by atoms with E-state index in [9.17, 15) is 10.1 Å². The molecule has 2 aliphatic rings. The van der Waals surface area contributed by atoms with Crippen LogP contribution in [0.3, 0.4) is 0 Å². The van der Waals surface area contributed by atoms with E-state index in [0.29, 0.717) is 24.3 Å². The van der Waals surface area contributed by atoms with E-state index in [4.69, 9.17) is 19.2 Å². The number of nitrogens with zero attached hydrogens (tertiary/aromatic N) is 6. The van der Waals surface area contributed by atoms with Crippen LogP contribution >= 0.6 is 0 Å². The van der Waals surface area contributed by atoms with Gasteiger partial charge >= 0.3 is 5.97 Å². The van der Waals surface area contributed by atoms with Gasteiger partial charge in [0.1, 0.15) is 29.8 Å². The molecule has 2 fully saturated rings. The first kappa shape index (κ1) is 28.8. The molecule has 0 aliphatic carbocycles. The van der Waals surface area contributed by atoms with Gasteiger partial charge in [-0.05, 0) is 57.2 Å². The highest BCUT2D eigenvalue weighted by atomic mass is 16.6. The number of esters is 1. The molecule has 0 saturated carbocycles. The summed E-state index contributed by atoms with van der Waals surface area (Å²) in [6, 6.07) is 8.29. The number of piperidine rings is 1. The van der Waals surface area contributed by atoms with Crippen LogP contribution in [-0.2, 0) is 14.3 Å². The number of nitriles is 1. The van der Waals surface area contributed by atoms with Crippen LogP contribution in [-0.4, -0.2) is 83.6 Å². The highest BCUT2D eigenvalue weighted by molar-refractivity contribution is 5.85. The Labute approximate surface area is 241 Å². The van der Waals surface area contributed by atoms with Crippen LogP contribution < -0.4 is 9.64 Å². The second kappa shape index (κ2) is 12.0. The number of aromatic nitrogens is 3. The largest absolute Gasteiger partial charge is 0.491 e. The first-order valence-corrected chi connectivity index (χ1v) is 14.4. The zero-order valence-corrected chi connectivity index (χ0v) is 24.6. The average molecular weight is 561 g/mol. The molecule has 218 valence electrons. The maximum absolute atomic E-state index is 12.4. The number of carbonyl (C=O) groups excluding carboxylic acids is 1. The van der Waals surface area contributed by atoms with Gasteiger partial charge in [-0.15, -0.1) is 0 Å². The molecule has 0 amide bonds. The highest BCUT2D eigenvalue weighted by Gasteiger charge is 2.34. The van der Waals surface area contributed by atoms with Crippen molar-refractivity contribution in [2.45, 2.75) is 52.6 Å². The monoisotopic (exact) mass is 560 g/mol. The number of rotatable bonds is 8. The quantitative estimate of drug-likeness (QED) is 0.373. The van der Waals surface area contributed by atoms with E-state index in [1.165, 1.54) is 0 Å². The zero-order chi connectivity index (χ0) is 29.0. The molecule has 3 aromatic heterocycles. The van der Waals surface area contributed by atoms with Crippen LogP contribution in [0.4, 0.5) is 5.82 Å². The van der Waals surface area contributed by atoms with Gasteiger partial charge in [0, 0.05) is 50.0 Å². The lowest BCUT2D eigenvalue weighted by Gasteiger charge is -2.39. The van der Waals surface area contributed by atoms with Gasteiger partial charge in [0.05, 0.1) is 43.1 Å². The minimum absolute atomic E-state index is 0.0811. The number of fused-ring (bicyclic) bond motifs is 1. The van der Waals surface area contributed by atoms with Gasteiger partial charge in [-0.2, -0.15) is 10.4 Å². The third-order valence-corrected chi connectivity index (χ3v) is 7.83. The van der Waals surface area contributed by atoms with Crippen LogP contribution in [0.25, 0.3) is 16.6 Å². The Morgan fingerprint density at radius 1 is 1.15 bits per heavy atom. The summed E-state index contributed by atoms with van der Waals surface area (Å²) in [5.74, 6) is 1.46. The fraction of sp³-hybridized carbons (Fsp3) is 0.548. The summed E-state index contributed by atoms with van der Waals surface area (Å²) in [6.07, 6.45) is 7.47. The Balaban J connectivity index is 1.27. The topological polar surface area (TPSA) is 105 Å². The van der Waals surface area contributed by atoms with Crippen LogP contribution in [0, 0.1) is 16.7 Å². The molecule has 2 saturated heterocycles. The van der Waals surface area contributed by atoms with Crippen LogP contribution in [0.1, 0.15) is 52.5 Å². The van der Waals surface area contributed by atoms with Gasteiger partial charge in [0.2, 0.25) is 0 Å². The van der Waals surface area contributed by atoms with Gasteiger partial charge in [-0.3, -0.25) is 9.69 Å². The van der Waals surface area contributed by atoms with E-state index < -0.39 is 5.60 Å². The summed E-state index contributed by atoms with van der Waals surface area (Å²) in [7, 11) is 0. The summed E-state index contributed by atoms with van der Waals surface area (Å²) in [5, 5.41) is 14.1. The lowest BCUT2D eigenvalue weighted by Crippen LogP contribution is -2.40. The van der Waals surface area contributed by atoms with Crippen molar-refractivity contribution in [2.75, 3.05) is 57.4 Å². The highest BCUT2D eigenvalue weighted by Crippen LogP contribution is 2.37. The van der Waals surface area contributed by atoms with E-state index in [1.54, 1.807) is 10.7 Å². The van der Waals surface area contributed by atoms with E-state index >= 15 is 0 Å². The third kappa shape index (κ3) is 7.16. The average Bonchev–Trinajstić information content (AvgIpc) is 3.36. The molecule has 10 nitrogen and oxygen atoms in total. The third-order valence-electron chi connectivity index (χ3n) is 7.83. The van der Waals surface area contributed by atoms with Gasteiger partial charge in [0.15, 0.2) is 0 Å². The Hall–Kier alpha value is -3.68. The molecule has 0 aromatic carbocycles. The summed E-state index contributed by atoms with van der Waals surface area (Å²) in [6.45, 7) is 14.2. The second-order valence-corrected chi connectivity index (χ2v) is 12.3. The summed E-state index contributed by atoms with van der Waals surface area (Å²) < 4.78 is 18.8. The SMILES string of the molecule is CC1(CC(=O)OC(C)(C)C)CCN(c2ccc(-c3cc(OCCN4CCOCC4)cn4ncc(C#N)c34)cn2)CC1. The van der Waals surface area contributed by atoms with Crippen molar-refractivity contribution >= 4 is 17.3 Å². The first-order chi connectivity index (χ1) is 19.6. The molecule has 0 N–H and O–H groups in total. The molecule has 0 unspecified atom stereocenters. The molecular weight excluding hydrogens is 520 g/mol. The number of pyridine rings is 2. The number of ether oxygens (including phenoxy) is 3. The standard InChI is InChI=1S/C31H40N6O4/c1-30(2,3)41-28(38)18-31(4)7-9-36(10-8-31)27-6-5-23(20-33-27)26-17-25(22-37-29(26)24(19-32)21-34-37)40-16-13-35-11-14-39-15-12-35/h5-6,17,20-22H,7-16,18H2,1-4H3. The van der Waals surface area contributed by atoms with Crippen molar-refractivity contribution in [3.8, 4) is 22.9 Å². The zero-order valence-electron chi connectivity index (χ0n) is 24.6. The molecular formula is C31H40N6O4. The Kier molecular flexibility index (Phi) is 8.47. The molecule has 0 radical (unpaired) electrons. The molecule has 0 spiro atoms. The summed E-state index contributed by atoms with van der Waals surface area (Å²) >= 11 is 0. The van der Waals surface area contributed by atoms with Crippen molar-refractivity contribution < 1.29 is 19.0 Å². The van der Waals surface area contributed by atoms with Crippen molar-refractivity contribution in [3.05, 3.63) is 42.4 Å². The molecule has 41 heavy (non-hydrogen) atoms. The molecule has 2 aliphatic heterocycles. The molecule has 0 atom stereocenters. The van der Waals surface area contributed by atoms with Gasteiger partial charge < -0.3 is 19.1 Å². The van der Waals surface area contributed by atoms with Crippen LogP contribution in [0.2, 0.25) is 0 Å². The van der Waals surface area contributed by atoms with Crippen LogP contribution in [0.15, 0.2) is 36.8 Å². The van der Waals surface area contributed by atoms with E-state index in [-0.39, 0.29) is 11.4 Å². The maximum atomic E-state index is 12.4. The summed E-state index contributed by atoms with van der Waals surface area (Å²) in [5.41, 5.74) is 2.43. The molecule has 5 heterocycles. The molecule has 0 bridgehead atoms. The number of morpholine rings is 1. The molecule has 10 heteroatoms. The minimum Gasteiger partial charge on any atom is -0.491 e. The second-order valence-electron chi connectivity index (χ2n) is 12.3. The number of hydrogen-bond acceptors (Lipinski definition) is 9. The van der Waals surface area contributed by atoms with Crippen molar-refractivity contribution in [1.29, 1.82) is 5.26 Å². The lowest BCUT2D eigenvalue weighted by atomic mass is 9.77. The normalized spacial score (nSPS) is 17.8. The minimum atomic E-state index is -0.467. The van der Waals surface area contributed by atoms with Crippen molar-refractivity contribution in [2.24, 2.45) is 5.41 Å². The number of carbonyl (C=O) groups is 1. The molecule has 3 aromatic rings. The maximum Gasteiger partial charge on any atom is 0.306 e. The fourth-order valence-corrected chi connectivity index (χ4v) is 5.51. The van der Waals surface area contributed by atoms with Crippen molar-refractivity contribution in [3.63, 3.8) is 0 Å². The predicted molar refractivity (Wildman–Crippen MR) is 156 cm³/mol. The Morgan fingerprint density at radius 3 is 2.56 bits per heavy atom. The number of hydrogen-bond donors (Lipinski definition) is 0. The van der Waals surface area contributed by atoms with Gasteiger partial charge in [-0.25, -0.2) is 9.50 Å². The van der Waals surface area contributed by atoms with E-state index in [2.05, 4.69) is 27.9 Å². The number of anilines is 1. The van der Waals surface area contributed by atoms with Crippen molar-refractivity contribution in [1.82, 2.24) is 19.5 Å². The smallest absolute Gasteiger partial charge is 0.306 e. The first-order valence-electron chi connectivity index (χ1n) is 14.4. The Morgan fingerprint density at radius 2 is 1.90 bits per heavy atom. The Bertz CT molecular complexity index is 1390. The van der Waals surface area contributed by atoms with Crippen LogP contribution in [0.5, 0.6) is 5.75 Å². The lowest BCUT2D eigenvalue weighted by molar-refractivity contribution is -0.157. The van der Waals surface area contributed by atoms with Gasteiger partial charge in [0.25, 0.3) is 0 Å². The van der Waals surface area contributed by atoms with E-state index in [1.807, 2.05) is 51.4 Å². The fourth-order valence-electron chi connectivity index (χ4n) is 5.51. The molecule has 5 rings (SSSR count). The van der Waals surface area contributed by atoms with E-state index in [0.717, 1.165) is 81.2 Å². The van der Waals surface area contributed by atoms with Gasteiger partial charge in [-0.1, -0.05) is 6.92 Å².